The van der Waals surface area contributed by atoms with Crippen LogP contribution in [0, 0.1) is 17.3 Å². The third-order valence-electron chi connectivity index (χ3n) is 3.84. The van der Waals surface area contributed by atoms with E-state index in [9.17, 15) is 0 Å². The highest BCUT2D eigenvalue weighted by Gasteiger charge is 2.38. The third-order valence-corrected chi connectivity index (χ3v) is 4.46. The summed E-state index contributed by atoms with van der Waals surface area (Å²) in [5, 5.41) is 0. The van der Waals surface area contributed by atoms with E-state index < -0.39 is 0 Å². The van der Waals surface area contributed by atoms with Gasteiger partial charge in [-0.25, -0.2) is 0 Å². The van der Waals surface area contributed by atoms with E-state index in [-0.39, 0.29) is 5.54 Å². The van der Waals surface area contributed by atoms with Crippen LogP contribution in [0.3, 0.4) is 0 Å². The predicted molar refractivity (Wildman–Crippen MR) is 73.9 cm³/mol. The van der Waals surface area contributed by atoms with Gasteiger partial charge in [0.2, 0.25) is 0 Å². The molecular weight excluding hydrogens is 285 g/mol. The van der Waals surface area contributed by atoms with E-state index in [1.807, 2.05) is 0 Å². The first-order valence-electron chi connectivity index (χ1n) is 5.48. The first-order valence-corrected chi connectivity index (χ1v) is 7.01. The third kappa shape index (κ3) is 3.69. The fourth-order valence-corrected chi connectivity index (χ4v) is 2.77. The standard InChI is InChI=1S/C12H26IN/c1-9(7-8-13)12(6,14)10(2)11(3,4)5/h9-10H,7-8,14H2,1-6H3/t9-,10+,12?/m1/s1. The monoisotopic (exact) mass is 311 g/mol. The van der Waals surface area contributed by atoms with E-state index in [0.29, 0.717) is 17.3 Å². The maximum Gasteiger partial charge on any atom is 0.0182 e. The maximum atomic E-state index is 6.47. The minimum absolute atomic E-state index is 0.0522. The molecule has 1 unspecified atom stereocenters. The van der Waals surface area contributed by atoms with Gasteiger partial charge in [-0.05, 0) is 35.0 Å². The molecule has 86 valence electrons. The summed E-state index contributed by atoms with van der Waals surface area (Å²) in [5.41, 5.74) is 6.72. The van der Waals surface area contributed by atoms with E-state index in [0.717, 1.165) is 0 Å². The lowest BCUT2D eigenvalue weighted by Crippen LogP contribution is -2.53. The molecule has 14 heavy (non-hydrogen) atoms. The van der Waals surface area contributed by atoms with Crippen molar-refractivity contribution in [3.8, 4) is 0 Å². The molecule has 0 aliphatic rings. The molecule has 2 N–H and O–H groups in total. The van der Waals surface area contributed by atoms with Gasteiger partial charge < -0.3 is 5.73 Å². The Morgan fingerprint density at radius 1 is 1.14 bits per heavy atom. The van der Waals surface area contributed by atoms with Gasteiger partial charge in [-0.1, -0.05) is 57.2 Å². The van der Waals surface area contributed by atoms with E-state index >= 15 is 0 Å². The van der Waals surface area contributed by atoms with Gasteiger partial charge >= 0.3 is 0 Å². The minimum Gasteiger partial charge on any atom is -0.325 e. The molecular formula is C12H26IN. The molecule has 0 bridgehead atoms. The molecule has 0 rings (SSSR count). The zero-order valence-corrected chi connectivity index (χ0v) is 12.7. The largest absolute Gasteiger partial charge is 0.325 e. The van der Waals surface area contributed by atoms with Crippen LogP contribution < -0.4 is 5.73 Å². The molecule has 0 saturated heterocycles. The van der Waals surface area contributed by atoms with Crippen molar-refractivity contribution in [2.75, 3.05) is 4.43 Å². The Morgan fingerprint density at radius 2 is 1.57 bits per heavy atom. The molecule has 3 atom stereocenters. The van der Waals surface area contributed by atoms with Crippen molar-refractivity contribution >= 4 is 22.6 Å². The van der Waals surface area contributed by atoms with Crippen molar-refractivity contribution in [1.82, 2.24) is 0 Å². The topological polar surface area (TPSA) is 26.0 Å². The van der Waals surface area contributed by atoms with Gasteiger partial charge in [0, 0.05) is 5.54 Å². The first-order chi connectivity index (χ1) is 6.14. The lowest BCUT2D eigenvalue weighted by molar-refractivity contribution is 0.111. The van der Waals surface area contributed by atoms with Gasteiger partial charge in [0.25, 0.3) is 0 Å². The van der Waals surface area contributed by atoms with Crippen LogP contribution in [0.15, 0.2) is 0 Å². The zero-order chi connectivity index (χ0) is 11.6. The van der Waals surface area contributed by atoms with Gasteiger partial charge in [0.15, 0.2) is 0 Å². The maximum absolute atomic E-state index is 6.47. The highest BCUT2D eigenvalue weighted by atomic mass is 127. The van der Waals surface area contributed by atoms with Crippen LogP contribution in [0.2, 0.25) is 0 Å². The fraction of sp³-hybridized carbons (Fsp3) is 1.00. The first kappa shape index (κ1) is 14.7. The lowest BCUT2D eigenvalue weighted by Gasteiger charge is -2.44. The molecule has 0 amide bonds. The van der Waals surface area contributed by atoms with Crippen LogP contribution in [-0.4, -0.2) is 9.97 Å². The Labute approximate surface area is 103 Å². The molecule has 0 aromatic heterocycles. The Bertz CT molecular complexity index is 170. The molecule has 0 aromatic carbocycles. The number of alkyl halides is 1. The van der Waals surface area contributed by atoms with Crippen LogP contribution in [0.4, 0.5) is 0 Å². The Kier molecular flexibility index (Phi) is 5.40. The molecule has 0 fully saturated rings. The number of hydrogen-bond donors (Lipinski definition) is 1. The number of hydrogen-bond acceptors (Lipinski definition) is 1. The van der Waals surface area contributed by atoms with E-state index in [1.165, 1.54) is 10.8 Å². The van der Waals surface area contributed by atoms with Gasteiger partial charge in [-0.3, -0.25) is 0 Å². The van der Waals surface area contributed by atoms with E-state index in [1.54, 1.807) is 0 Å². The second-order valence-electron chi connectivity index (χ2n) is 5.83. The molecule has 0 aliphatic carbocycles. The van der Waals surface area contributed by atoms with Gasteiger partial charge in [0.05, 0.1) is 0 Å². The van der Waals surface area contributed by atoms with Crippen molar-refractivity contribution in [2.45, 2.75) is 53.5 Å². The average molecular weight is 311 g/mol. The predicted octanol–water partition coefficient (Wildman–Crippen LogP) is 3.85. The molecule has 2 heteroatoms. The fourth-order valence-electron chi connectivity index (χ4n) is 1.83. The van der Waals surface area contributed by atoms with Crippen molar-refractivity contribution in [1.29, 1.82) is 0 Å². The van der Waals surface area contributed by atoms with Crippen molar-refractivity contribution < 1.29 is 0 Å². The van der Waals surface area contributed by atoms with Crippen molar-refractivity contribution in [3.63, 3.8) is 0 Å². The Morgan fingerprint density at radius 3 is 1.86 bits per heavy atom. The summed E-state index contributed by atoms with van der Waals surface area (Å²) in [6, 6.07) is 0. The van der Waals surface area contributed by atoms with E-state index in [4.69, 9.17) is 5.73 Å². The van der Waals surface area contributed by atoms with Crippen molar-refractivity contribution in [3.05, 3.63) is 0 Å². The Balaban J connectivity index is 4.59. The summed E-state index contributed by atoms with van der Waals surface area (Å²) in [6.07, 6.45) is 1.22. The summed E-state index contributed by atoms with van der Waals surface area (Å²) >= 11 is 2.43. The molecule has 0 saturated carbocycles. The van der Waals surface area contributed by atoms with Crippen LogP contribution in [0.25, 0.3) is 0 Å². The average Bonchev–Trinajstić information content (AvgIpc) is 2.01. The van der Waals surface area contributed by atoms with E-state index in [2.05, 4.69) is 64.1 Å². The van der Waals surface area contributed by atoms with Crippen LogP contribution in [-0.2, 0) is 0 Å². The summed E-state index contributed by atoms with van der Waals surface area (Å²) < 4.78 is 1.20. The summed E-state index contributed by atoms with van der Waals surface area (Å²) in [6.45, 7) is 13.6. The molecule has 0 aromatic rings. The quantitative estimate of drug-likeness (QED) is 0.619. The highest BCUT2D eigenvalue weighted by molar-refractivity contribution is 14.1. The van der Waals surface area contributed by atoms with Crippen LogP contribution in [0.1, 0.15) is 48.0 Å². The number of rotatable bonds is 4. The molecule has 0 spiro atoms. The van der Waals surface area contributed by atoms with Gasteiger partial charge in [0.1, 0.15) is 0 Å². The number of nitrogens with two attached hydrogens (primary N) is 1. The normalized spacial score (nSPS) is 21.4. The smallest absolute Gasteiger partial charge is 0.0182 e. The van der Waals surface area contributed by atoms with Crippen LogP contribution >= 0.6 is 22.6 Å². The molecule has 0 radical (unpaired) electrons. The SMILES string of the molecule is C[C@H](CCI)C(C)(N)[C@@H](C)C(C)(C)C. The van der Waals surface area contributed by atoms with Gasteiger partial charge in [-0.2, -0.15) is 0 Å². The van der Waals surface area contributed by atoms with Crippen LogP contribution in [0.5, 0.6) is 0 Å². The number of halogens is 1. The molecule has 0 aliphatic heterocycles. The summed E-state index contributed by atoms with van der Waals surface area (Å²) in [5.74, 6) is 1.13. The Hall–Kier alpha value is 0.690. The summed E-state index contributed by atoms with van der Waals surface area (Å²) in [7, 11) is 0. The van der Waals surface area contributed by atoms with Gasteiger partial charge in [-0.15, -0.1) is 0 Å². The minimum atomic E-state index is -0.0522. The second-order valence-corrected chi connectivity index (χ2v) is 6.91. The molecule has 1 nitrogen and oxygen atoms in total. The molecule has 0 heterocycles. The lowest BCUT2D eigenvalue weighted by atomic mass is 9.66. The second kappa shape index (κ2) is 5.15. The summed E-state index contributed by atoms with van der Waals surface area (Å²) in [4.78, 5) is 0. The zero-order valence-electron chi connectivity index (χ0n) is 10.5. The van der Waals surface area contributed by atoms with Crippen molar-refractivity contribution in [2.24, 2.45) is 23.0 Å². The highest BCUT2D eigenvalue weighted by Crippen LogP contribution is 2.37.